The average Bonchev–Trinajstić information content (AvgIpc) is 2.65. The van der Waals surface area contributed by atoms with Crippen LogP contribution in [0.5, 0.6) is 0 Å². The predicted octanol–water partition coefficient (Wildman–Crippen LogP) is 3.56. The van der Waals surface area contributed by atoms with E-state index in [1.807, 2.05) is 0 Å². The second-order valence-corrected chi connectivity index (χ2v) is 6.72. The zero-order valence-electron chi connectivity index (χ0n) is 12.4. The SMILES string of the molecule is CCC1(C)CC(O)(C2(C#N)CCCCCC2)CCO1. The number of rotatable bonds is 2. The molecule has 2 rings (SSSR count). The van der Waals surface area contributed by atoms with E-state index in [0.717, 1.165) is 32.1 Å². The Balaban J connectivity index is 2.27. The highest BCUT2D eigenvalue weighted by Crippen LogP contribution is 2.51. The molecule has 2 unspecified atom stereocenters. The Morgan fingerprint density at radius 1 is 1.16 bits per heavy atom. The van der Waals surface area contributed by atoms with Crippen LogP contribution in [-0.4, -0.2) is 22.9 Å². The second kappa shape index (κ2) is 5.42. The highest BCUT2D eigenvalue weighted by Gasteiger charge is 2.55. The predicted molar refractivity (Wildman–Crippen MR) is 74.6 cm³/mol. The van der Waals surface area contributed by atoms with Gasteiger partial charge in [-0.2, -0.15) is 5.26 Å². The van der Waals surface area contributed by atoms with Crippen LogP contribution in [0.15, 0.2) is 0 Å². The van der Waals surface area contributed by atoms with Gasteiger partial charge in [0.15, 0.2) is 0 Å². The van der Waals surface area contributed by atoms with E-state index in [9.17, 15) is 10.4 Å². The number of hydrogen-bond acceptors (Lipinski definition) is 3. The maximum absolute atomic E-state index is 11.2. The lowest BCUT2D eigenvalue weighted by Gasteiger charge is -2.50. The van der Waals surface area contributed by atoms with Gasteiger partial charge in [-0.1, -0.05) is 32.6 Å². The molecule has 3 heteroatoms. The zero-order valence-corrected chi connectivity index (χ0v) is 12.4. The van der Waals surface area contributed by atoms with Crippen molar-refractivity contribution in [1.29, 1.82) is 5.26 Å². The Kier molecular flexibility index (Phi) is 4.23. The summed E-state index contributed by atoms with van der Waals surface area (Å²) < 4.78 is 5.85. The van der Waals surface area contributed by atoms with Gasteiger partial charge in [-0.3, -0.25) is 0 Å². The van der Waals surface area contributed by atoms with Crippen LogP contribution in [0, 0.1) is 16.7 Å². The van der Waals surface area contributed by atoms with E-state index in [1.165, 1.54) is 12.8 Å². The van der Waals surface area contributed by atoms with E-state index in [1.54, 1.807) is 0 Å². The molecule has 2 fully saturated rings. The van der Waals surface area contributed by atoms with E-state index in [0.29, 0.717) is 19.4 Å². The summed E-state index contributed by atoms with van der Waals surface area (Å²) >= 11 is 0. The minimum Gasteiger partial charge on any atom is -0.388 e. The molecule has 1 aliphatic carbocycles. The summed E-state index contributed by atoms with van der Waals surface area (Å²) in [6.07, 6.45) is 8.32. The van der Waals surface area contributed by atoms with Crippen molar-refractivity contribution in [3.8, 4) is 6.07 Å². The van der Waals surface area contributed by atoms with E-state index >= 15 is 0 Å². The summed E-state index contributed by atoms with van der Waals surface area (Å²) in [5, 5.41) is 21.0. The van der Waals surface area contributed by atoms with Crippen LogP contribution in [0.3, 0.4) is 0 Å². The zero-order chi connectivity index (χ0) is 14.0. The number of aliphatic hydroxyl groups is 1. The second-order valence-electron chi connectivity index (χ2n) is 6.72. The lowest BCUT2D eigenvalue weighted by Crippen LogP contribution is -2.56. The maximum atomic E-state index is 11.2. The van der Waals surface area contributed by atoms with Crippen LogP contribution < -0.4 is 0 Å². The number of nitrogens with zero attached hydrogens (tertiary/aromatic N) is 1. The first kappa shape index (κ1) is 14.8. The maximum Gasteiger partial charge on any atom is 0.0882 e. The van der Waals surface area contributed by atoms with Gasteiger partial charge >= 0.3 is 0 Å². The molecular formula is C16H27NO2. The molecule has 108 valence electrons. The molecule has 1 N–H and O–H groups in total. The third-order valence-corrected chi connectivity index (χ3v) is 5.44. The van der Waals surface area contributed by atoms with Crippen molar-refractivity contribution in [2.45, 2.75) is 82.8 Å². The molecule has 0 aromatic heterocycles. The third-order valence-electron chi connectivity index (χ3n) is 5.44. The van der Waals surface area contributed by atoms with Gasteiger partial charge in [0, 0.05) is 12.8 Å². The van der Waals surface area contributed by atoms with E-state index in [2.05, 4.69) is 19.9 Å². The first-order chi connectivity index (χ1) is 8.99. The Morgan fingerprint density at radius 3 is 2.32 bits per heavy atom. The molecule has 0 aromatic carbocycles. The van der Waals surface area contributed by atoms with E-state index in [4.69, 9.17) is 4.74 Å². The minimum atomic E-state index is -0.866. The quantitative estimate of drug-likeness (QED) is 0.777. The highest BCUT2D eigenvalue weighted by molar-refractivity contribution is 5.14. The van der Waals surface area contributed by atoms with Crippen molar-refractivity contribution in [2.75, 3.05) is 6.61 Å². The van der Waals surface area contributed by atoms with Crippen LogP contribution in [-0.2, 0) is 4.74 Å². The number of hydrogen-bond donors (Lipinski definition) is 1. The summed E-state index contributed by atoms with van der Waals surface area (Å²) in [5.74, 6) is 0. The van der Waals surface area contributed by atoms with Crippen LogP contribution in [0.4, 0.5) is 0 Å². The largest absolute Gasteiger partial charge is 0.388 e. The summed E-state index contributed by atoms with van der Waals surface area (Å²) in [4.78, 5) is 0. The van der Waals surface area contributed by atoms with Crippen LogP contribution in [0.1, 0.15) is 71.6 Å². The van der Waals surface area contributed by atoms with Crippen LogP contribution >= 0.6 is 0 Å². The topological polar surface area (TPSA) is 53.2 Å². The summed E-state index contributed by atoms with van der Waals surface area (Å²) in [5.41, 5.74) is -1.69. The van der Waals surface area contributed by atoms with Gasteiger partial charge in [0.2, 0.25) is 0 Å². The van der Waals surface area contributed by atoms with Gasteiger partial charge in [-0.25, -0.2) is 0 Å². The normalized spacial score (nSPS) is 39.3. The van der Waals surface area contributed by atoms with Crippen molar-refractivity contribution in [3.63, 3.8) is 0 Å². The third kappa shape index (κ3) is 2.66. The van der Waals surface area contributed by atoms with Crippen molar-refractivity contribution < 1.29 is 9.84 Å². The van der Waals surface area contributed by atoms with E-state index < -0.39 is 11.0 Å². The van der Waals surface area contributed by atoms with Crippen molar-refractivity contribution in [3.05, 3.63) is 0 Å². The van der Waals surface area contributed by atoms with Crippen LogP contribution in [0.25, 0.3) is 0 Å². The average molecular weight is 265 g/mol. The fourth-order valence-corrected chi connectivity index (χ4v) is 3.87. The molecule has 0 aromatic rings. The minimum absolute atomic E-state index is 0.275. The lowest BCUT2D eigenvalue weighted by molar-refractivity contribution is -0.191. The summed E-state index contributed by atoms with van der Waals surface area (Å²) in [6, 6.07) is 2.52. The first-order valence-corrected chi connectivity index (χ1v) is 7.77. The molecule has 0 spiro atoms. The summed E-state index contributed by atoms with van der Waals surface area (Å²) in [6.45, 7) is 4.74. The molecule has 2 aliphatic rings. The molecule has 3 nitrogen and oxygen atoms in total. The van der Waals surface area contributed by atoms with Gasteiger partial charge in [-0.05, 0) is 26.2 Å². The molecule has 0 amide bonds. The Morgan fingerprint density at radius 2 is 1.79 bits per heavy atom. The van der Waals surface area contributed by atoms with Gasteiger partial charge in [0.1, 0.15) is 0 Å². The molecule has 1 saturated carbocycles. The summed E-state index contributed by atoms with van der Waals surface area (Å²) in [7, 11) is 0. The van der Waals surface area contributed by atoms with Gasteiger partial charge < -0.3 is 9.84 Å². The van der Waals surface area contributed by atoms with Crippen molar-refractivity contribution >= 4 is 0 Å². The molecule has 2 atom stereocenters. The Bertz CT molecular complexity index is 354. The van der Waals surface area contributed by atoms with Crippen molar-refractivity contribution in [2.24, 2.45) is 5.41 Å². The van der Waals surface area contributed by atoms with E-state index in [-0.39, 0.29) is 5.60 Å². The van der Waals surface area contributed by atoms with Crippen LogP contribution in [0.2, 0.25) is 0 Å². The fourth-order valence-electron chi connectivity index (χ4n) is 3.87. The molecular weight excluding hydrogens is 238 g/mol. The van der Waals surface area contributed by atoms with Crippen molar-refractivity contribution in [1.82, 2.24) is 0 Å². The highest BCUT2D eigenvalue weighted by atomic mass is 16.5. The van der Waals surface area contributed by atoms with Gasteiger partial charge in [0.05, 0.1) is 29.3 Å². The Labute approximate surface area is 117 Å². The number of ether oxygens (including phenoxy) is 1. The smallest absolute Gasteiger partial charge is 0.0882 e. The standard InChI is InChI=1S/C16H27NO2/c1-3-14(2)12-16(18,10-11-19-14)15(13-17)8-6-4-5-7-9-15/h18H,3-12H2,1-2H3. The molecule has 1 heterocycles. The molecule has 1 saturated heterocycles. The number of nitriles is 1. The first-order valence-electron chi connectivity index (χ1n) is 7.77. The Hall–Kier alpha value is -0.590. The molecule has 0 radical (unpaired) electrons. The van der Waals surface area contributed by atoms with Gasteiger partial charge in [0.25, 0.3) is 0 Å². The molecule has 1 aliphatic heterocycles. The monoisotopic (exact) mass is 265 g/mol. The lowest BCUT2D eigenvalue weighted by atomic mass is 9.62. The van der Waals surface area contributed by atoms with Gasteiger partial charge in [-0.15, -0.1) is 0 Å². The molecule has 19 heavy (non-hydrogen) atoms. The molecule has 0 bridgehead atoms. The fraction of sp³-hybridized carbons (Fsp3) is 0.938.